The summed E-state index contributed by atoms with van der Waals surface area (Å²) in [5.41, 5.74) is 7.71. The molecule has 0 radical (unpaired) electrons. The van der Waals surface area contributed by atoms with Crippen molar-refractivity contribution in [2.24, 2.45) is 0 Å². The van der Waals surface area contributed by atoms with Gasteiger partial charge in [-0.05, 0) is 31.0 Å². The largest absolute Gasteiger partial charge is 0.381 e. The van der Waals surface area contributed by atoms with E-state index in [1.54, 1.807) is 23.7 Å². The van der Waals surface area contributed by atoms with Crippen molar-refractivity contribution in [3.63, 3.8) is 0 Å². The van der Waals surface area contributed by atoms with Crippen LogP contribution in [0.25, 0.3) is 5.69 Å². The first kappa shape index (κ1) is 10.6. The molecule has 84 valence electrons. The Bertz CT molecular complexity index is 519. The van der Waals surface area contributed by atoms with Crippen LogP contribution in [0.2, 0.25) is 0 Å². The Balaban J connectivity index is 2.54. The highest BCUT2D eigenvalue weighted by Crippen LogP contribution is 2.17. The predicted octanol–water partition coefficient (Wildman–Crippen LogP) is 1.86. The van der Waals surface area contributed by atoms with Crippen LogP contribution in [0, 0.1) is 12.7 Å². The van der Waals surface area contributed by atoms with Gasteiger partial charge in [-0.1, -0.05) is 18.2 Å². The van der Waals surface area contributed by atoms with E-state index in [2.05, 4.69) is 10.3 Å². The second-order valence-electron chi connectivity index (χ2n) is 3.62. The van der Waals surface area contributed by atoms with E-state index in [4.69, 9.17) is 5.73 Å². The van der Waals surface area contributed by atoms with Crippen molar-refractivity contribution in [3.05, 3.63) is 35.3 Å². The molecule has 0 aliphatic heterocycles. The first-order valence-electron chi connectivity index (χ1n) is 5.10. The molecule has 0 bridgehead atoms. The van der Waals surface area contributed by atoms with E-state index in [9.17, 15) is 4.39 Å². The quantitative estimate of drug-likeness (QED) is 0.840. The summed E-state index contributed by atoms with van der Waals surface area (Å²) in [6.45, 7) is 3.67. The van der Waals surface area contributed by atoms with Gasteiger partial charge in [0, 0.05) is 0 Å². The van der Waals surface area contributed by atoms with Gasteiger partial charge in [-0.3, -0.25) is 0 Å². The minimum Gasteiger partial charge on any atom is -0.381 e. The monoisotopic (exact) mass is 220 g/mol. The lowest BCUT2D eigenvalue weighted by molar-refractivity contribution is 0.615. The summed E-state index contributed by atoms with van der Waals surface area (Å²) in [4.78, 5) is 0. The van der Waals surface area contributed by atoms with E-state index in [0.717, 1.165) is 5.69 Å². The molecule has 0 saturated heterocycles. The Morgan fingerprint density at radius 1 is 1.44 bits per heavy atom. The fraction of sp³-hybridized carbons (Fsp3) is 0.273. The molecule has 0 unspecified atom stereocenters. The number of hydrogen-bond acceptors (Lipinski definition) is 3. The van der Waals surface area contributed by atoms with Gasteiger partial charge < -0.3 is 5.73 Å². The van der Waals surface area contributed by atoms with Gasteiger partial charge in [-0.15, -0.1) is 5.10 Å². The summed E-state index contributed by atoms with van der Waals surface area (Å²) in [6, 6.07) is 4.94. The van der Waals surface area contributed by atoms with Crippen molar-refractivity contribution in [2.45, 2.75) is 20.3 Å². The molecular weight excluding hydrogens is 207 g/mol. The molecule has 2 rings (SSSR count). The van der Waals surface area contributed by atoms with Gasteiger partial charge in [-0.25, -0.2) is 9.07 Å². The summed E-state index contributed by atoms with van der Waals surface area (Å²) in [5, 5.41) is 7.69. The third-order valence-electron chi connectivity index (χ3n) is 2.53. The highest BCUT2D eigenvalue weighted by molar-refractivity contribution is 5.42. The molecule has 2 N–H and O–H groups in total. The van der Waals surface area contributed by atoms with Gasteiger partial charge in [0.25, 0.3) is 0 Å². The van der Waals surface area contributed by atoms with Crippen LogP contribution in [0.4, 0.5) is 10.2 Å². The number of halogens is 1. The zero-order valence-corrected chi connectivity index (χ0v) is 9.24. The summed E-state index contributed by atoms with van der Waals surface area (Å²) in [5.74, 6) is 0.136. The Kier molecular flexibility index (Phi) is 2.60. The molecule has 2 aromatic rings. The Labute approximate surface area is 92.9 Å². The molecule has 0 amide bonds. The maximum atomic E-state index is 13.4. The van der Waals surface area contributed by atoms with Crippen LogP contribution in [0.15, 0.2) is 18.2 Å². The lowest BCUT2D eigenvalue weighted by Gasteiger charge is -2.05. The lowest BCUT2D eigenvalue weighted by atomic mass is 10.2. The summed E-state index contributed by atoms with van der Waals surface area (Å²) in [7, 11) is 0. The third kappa shape index (κ3) is 1.64. The molecule has 1 aromatic carbocycles. The van der Waals surface area contributed by atoms with E-state index in [1.165, 1.54) is 6.07 Å². The molecule has 1 aromatic heterocycles. The van der Waals surface area contributed by atoms with E-state index >= 15 is 0 Å². The molecule has 0 fully saturated rings. The van der Waals surface area contributed by atoms with E-state index in [-0.39, 0.29) is 5.82 Å². The standard InChI is InChI=1S/C11H13FN4/c1-3-10-11(13)14-15-16(10)8-5-4-7(2)9(12)6-8/h4-6H,3,13H2,1-2H3. The van der Waals surface area contributed by atoms with Gasteiger partial charge in [0.15, 0.2) is 5.82 Å². The van der Waals surface area contributed by atoms with Gasteiger partial charge in [0.2, 0.25) is 0 Å². The molecule has 0 atom stereocenters. The summed E-state index contributed by atoms with van der Waals surface area (Å²) >= 11 is 0. The highest BCUT2D eigenvalue weighted by Gasteiger charge is 2.10. The number of benzene rings is 1. The SMILES string of the molecule is CCc1c(N)nnn1-c1ccc(C)c(F)c1. The summed E-state index contributed by atoms with van der Waals surface area (Å²) in [6.07, 6.45) is 0.703. The Morgan fingerprint density at radius 3 is 2.81 bits per heavy atom. The lowest BCUT2D eigenvalue weighted by Crippen LogP contribution is -2.03. The Morgan fingerprint density at radius 2 is 2.19 bits per heavy atom. The zero-order valence-electron chi connectivity index (χ0n) is 9.24. The zero-order chi connectivity index (χ0) is 11.7. The molecule has 16 heavy (non-hydrogen) atoms. The normalized spacial score (nSPS) is 10.7. The summed E-state index contributed by atoms with van der Waals surface area (Å²) < 4.78 is 15.0. The van der Waals surface area contributed by atoms with Crippen LogP contribution in [0.1, 0.15) is 18.2 Å². The van der Waals surface area contributed by atoms with Crippen molar-refractivity contribution in [3.8, 4) is 5.69 Å². The second-order valence-corrected chi connectivity index (χ2v) is 3.62. The van der Waals surface area contributed by atoms with Crippen LogP contribution in [0.3, 0.4) is 0 Å². The van der Waals surface area contributed by atoms with Crippen LogP contribution < -0.4 is 5.73 Å². The minimum absolute atomic E-state index is 0.256. The number of aryl methyl sites for hydroxylation is 1. The van der Waals surface area contributed by atoms with Gasteiger partial charge in [-0.2, -0.15) is 0 Å². The number of nitrogens with two attached hydrogens (primary N) is 1. The molecule has 0 aliphatic carbocycles. The number of nitrogens with zero attached hydrogens (tertiary/aromatic N) is 3. The fourth-order valence-corrected chi connectivity index (χ4v) is 1.56. The van der Waals surface area contributed by atoms with Crippen molar-refractivity contribution >= 4 is 5.82 Å². The van der Waals surface area contributed by atoms with Crippen LogP contribution in [-0.4, -0.2) is 15.0 Å². The second kappa shape index (κ2) is 3.92. The average Bonchev–Trinajstić information content (AvgIpc) is 2.63. The average molecular weight is 220 g/mol. The molecule has 0 aliphatic rings. The number of rotatable bonds is 2. The maximum absolute atomic E-state index is 13.4. The fourth-order valence-electron chi connectivity index (χ4n) is 1.56. The maximum Gasteiger partial charge on any atom is 0.169 e. The van der Waals surface area contributed by atoms with Crippen molar-refractivity contribution < 1.29 is 4.39 Å². The molecular formula is C11H13FN4. The third-order valence-corrected chi connectivity index (χ3v) is 2.53. The van der Waals surface area contributed by atoms with Crippen molar-refractivity contribution in [1.29, 1.82) is 0 Å². The smallest absolute Gasteiger partial charge is 0.169 e. The Hall–Kier alpha value is -1.91. The number of nitrogen functional groups attached to an aromatic ring is 1. The highest BCUT2D eigenvalue weighted by atomic mass is 19.1. The molecule has 5 heteroatoms. The topological polar surface area (TPSA) is 56.7 Å². The number of hydrogen-bond donors (Lipinski definition) is 1. The first-order chi connectivity index (χ1) is 7.63. The van der Waals surface area contributed by atoms with Crippen molar-refractivity contribution in [1.82, 2.24) is 15.0 Å². The molecule has 4 nitrogen and oxygen atoms in total. The van der Waals surface area contributed by atoms with Crippen molar-refractivity contribution in [2.75, 3.05) is 5.73 Å². The van der Waals surface area contributed by atoms with Crippen LogP contribution in [0.5, 0.6) is 0 Å². The molecule has 1 heterocycles. The first-order valence-corrected chi connectivity index (χ1v) is 5.10. The van der Waals surface area contributed by atoms with Gasteiger partial charge in [0.05, 0.1) is 11.4 Å². The number of aromatic nitrogens is 3. The van der Waals surface area contributed by atoms with E-state index < -0.39 is 0 Å². The number of anilines is 1. The van der Waals surface area contributed by atoms with Gasteiger partial charge >= 0.3 is 0 Å². The van der Waals surface area contributed by atoms with Gasteiger partial charge in [0.1, 0.15) is 5.82 Å². The predicted molar refractivity (Wildman–Crippen MR) is 59.8 cm³/mol. The van der Waals surface area contributed by atoms with Crippen LogP contribution >= 0.6 is 0 Å². The van der Waals surface area contributed by atoms with E-state index in [1.807, 2.05) is 6.92 Å². The van der Waals surface area contributed by atoms with E-state index in [0.29, 0.717) is 23.5 Å². The molecule has 0 spiro atoms. The minimum atomic E-state index is -0.256. The molecule has 0 saturated carbocycles. The van der Waals surface area contributed by atoms with Crippen LogP contribution in [-0.2, 0) is 6.42 Å².